The van der Waals surface area contributed by atoms with Gasteiger partial charge in [-0.25, -0.2) is 0 Å². The number of carboxylic acid groups (broad SMARTS) is 1. The Morgan fingerprint density at radius 2 is 2.00 bits per heavy atom. The average molecular weight is 332 g/mol. The monoisotopic (exact) mass is 332 g/mol. The van der Waals surface area contributed by atoms with Crippen LogP contribution in [0.25, 0.3) is 0 Å². The third-order valence-corrected chi connectivity index (χ3v) is 4.25. The topological polar surface area (TPSA) is 86.7 Å². The van der Waals surface area contributed by atoms with Gasteiger partial charge in [-0.15, -0.1) is 0 Å². The van der Waals surface area contributed by atoms with Crippen molar-refractivity contribution in [2.45, 2.75) is 27.2 Å². The summed E-state index contributed by atoms with van der Waals surface area (Å²) in [6.45, 7) is 6.21. The minimum atomic E-state index is -0.844. The van der Waals surface area contributed by atoms with E-state index >= 15 is 0 Å². The molecule has 1 aromatic rings. The molecular weight excluding hydrogens is 308 g/mol. The van der Waals surface area contributed by atoms with Crippen LogP contribution in [0.3, 0.4) is 0 Å². The number of carbonyl (C=O) groups is 3. The van der Waals surface area contributed by atoms with Crippen molar-refractivity contribution in [3.8, 4) is 0 Å². The Morgan fingerprint density at radius 3 is 2.58 bits per heavy atom. The van der Waals surface area contributed by atoms with Gasteiger partial charge in [0.15, 0.2) is 0 Å². The predicted octanol–water partition coefficient (Wildman–Crippen LogP) is 2.46. The molecule has 2 rings (SSSR count). The SMILES string of the molecule is CC(=O)Nc1cccc(C(=O)N2C[C@@H](CC(C)C)[C@H](C(=O)O)C2)c1. The van der Waals surface area contributed by atoms with E-state index in [0.29, 0.717) is 23.7 Å². The van der Waals surface area contributed by atoms with Crippen LogP contribution < -0.4 is 5.32 Å². The average Bonchev–Trinajstić information content (AvgIpc) is 2.89. The van der Waals surface area contributed by atoms with Crippen molar-refractivity contribution in [3.63, 3.8) is 0 Å². The normalized spacial score (nSPS) is 20.2. The highest BCUT2D eigenvalue weighted by Crippen LogP contribution is 2.30. The lowest BCUT2D eigenvalue weighted by Crippen LogP contribution is -2.30. The van der Waals surface area contributed by atoms with Crippen molar-refractivity contribution in [2.75, 3.05) is 18.4 Å². The lowest BCUT2D eigenvalue weighted by atomic mass is 9.88. The van der Waals surface area contributed by atoms with E-state index in [4.69, 9.17) is 0 Å². The first-order chi connectivity index (χ1) is 11.3. The summed E-state index contributed by atoms with van der Waals surface area (Å²) in [5, 5.41) is 12.1. The number of hydrogen-bond donors (Lipinski definition) is 2. The molecule has 6 heteroatoms. The maximum atomic E-state index is 12.7. The predicted molar refractivity (Wildman–Crippen MR) is 90.7 cm³/mol. The number of carbonyl (C=O) groups excluding carboxylic acids is 2. The molecule has 1 saturated heterocycles. The van der Waals surface area contributed by atoms with Gasteiger partial charge >= 0.3 is 5.97 Å². The first-order valence-electron chi connectivity index (χ1n) is 8.17. The summed E-state index contributed by atoms with van der Waals surface area (Å²) in [6.07, 6.45) is 0.784. The number of amides is 2. The Hall–Kier alpha value is -2.37. The smallest absolute Gasteiger partial charge is 0.308 e. The van der Waals surface area contributed by atoms with Crippen molar-refractivity contribution in [3.05, 3.63) is 29.8 Å². The van der Waals surface area contributed by atoms with Gasteiger partial charge in [-0.2, -0.15) is 0 Å². The van der Waals surface area contributed by atoms with Crippen LogP contribution in [0, 0.1) is 17.8 Å². The van der Waals surface area contributed by atoms with Gasteiger partial charge < -0.3 is 15.3 Å². The Kier molecular flexibility index (Phi) is 5.59. The highest BCUT2D eigenvalue weighted by atomic mass is 16.4. The van der Waals surface area contributed by atoms with Crippen LogP contribution in [0.15, 0.2) is 24.3 Å². The summed E-state index contributed by atoms with van der Waals surface area (Å²) in [6, 6.07) is 6.72. The number of rotatable bonds is 5. The fourth-order valence-corrected chi connectivity index (χ4v) is 3.28. The van der Waals surface area contributed by atoms with Crippen LogP contribution in [0.2, 0.25) is 0 Å². The molecule has 0 spiro atoms. The van der Waals surface area contributed by atoms with Crippen molar-refractivity contribution < 1.29 is 19.5 Å². The maximum absolute atomic E-state index is 12.7. The van der Waals surface area contributed by atoms with Crippen LogP contribution in [0.4, 0.5) is 5.69 Å². The van der Waals surface area contributed by atoms with Crippen LogP contribution in [-0.2, 0) is 9.59 Å². The highest BCUT2D eigenvalue weighted by Gasteiger charge is 2.39. The fourth-order valence-electron chi connectivity index (χ4n) is 3.28. The van der Waals surface area contributed by atoms with Gasteiger partial charge in [-0.1, -0.05) is 19.9 Å². The number of carboxylic acids is 1. The highest BCUT2D eigenvalue weighted by molar-refractivity contribution is 5.97. The molecule has 1 aliphatic rings. The molecular formula is C18H24N2O4. The zero-order chi connectivity index (χ0) is 17.9. The molecule has 1 aromatic carbocycles. The number of anilines is 1. The molecule has 0 aromatic heterocycles. The second-order valence-corrected chi connectivity index (χ2v) is 6.81. The molecule has 0 aliphatic carbocycles. The van der Waals surface area contributed by atoms with Crippen molar-refractivity contribution >= 4 is 23.5 Å². The lowest BCUT2D eigenvalue weighted by Gasteiger charge is -2.18. The number of benzene rings is 1. The minimum absolute atomic E-state index is 0.0232. The summed E-state index contributed by atoms with van der Waals surface area (Å²) in [7, 11) is 0. The summed E-state index contributed by atoms with van der Waals surface area (Å²) >= 11 is 0. The number of likely N-dealkylation sites (tertiary alicyclic amines) is 1. The summed E-state index contributed by atoms with van der Waals surface area (Å²) in [5.41, 5.74) is 1.01. The van der Waals surface area contributed by atoms with Gasteiger partial charge in [-0.3, -0.25) is 14.4 Å². The second kappa shape index (κ2) is 7.47. The molecule has 0 saturated carbocycles. The van der Waals surface area contributed by atoms with Gasteiger partial charge in [0.1, 0.15) is 0 Å². The van der Waals surface area contributed by atoms with Crippen molar-refractivity contribution in [2.24, 2.45) is 17.8 Å². The zero-order valence-corrected chi connectivity index (χ0v) is 14.3. The molecule has 0 radical (unpaired) electrons. The molecule has 0 bridgehead atoms. The molecule has 6 nitrogen and oxygen atoms in total. The molecule has 1 heterocycles. The molecule has 24 heavy (non-hydrogen) atoms. The molecule has 1 fully saturated rings. The Balaban J connectivity index is 2.15. The van der Waals surface area contributed by atoms with E-state index in [1.54, 1.807) is 29.2 Å². The van der Waals surface area contributed by atoms with Crippen LogP contribution in [0.5, 0.6) is 0 Å². The van der Waals surface area contributed by atoms with Crippen molar-refractivity contribution in [1.29, 1.82) is 0 Å². The van der Waals surface area contributed by atoms with E-state index in [1.807, 2.05) is 0 Å². The standard InChI is InChI=1S/C18H24N2O4/c1-11(2)7-14-9-20(10-16(14)18(23)24)17(22)13-5-4-6-15(8-13)19-12(3)21/h4-6,8,11,14,16H,7,9-10H2,1-3H3,(H,19,21)(H,23,24)/t14-,16-/m1/s1. The quantitative estimate of drug-likeness (QED) is 0.867. The summed E-state index contributed by atoms with van der Waals surface area (Å²) in [5.74, 6) is -1.40. The Morgan fingerprint density at radius 1 is 1.29 bits per heavy atom. The lowest BCUT2D eigenvalue weighted by molar-refractivity contribution is -0.142. The zero-order valence-electron chi connectivity index (χ0n) is 14.3. The van der Waals surface area contributed by atoms with E-state index in [1.165, 1.54) is 6.92 Å². The number of nitrogens with one attached hydrogen (secondary N) is 1. The number of aliphatic carboxylic acids is 1. The molecule has 2 amide bonds. The van der Waals surface area contributed by atoms with Gasteiger partial charge in [0, 0.05) is 31.3 Å². The summed E-state index contributed by atoms with van der Waals surface area (Å²) < 4.78 is 0. The Labute approximate surface area is 141 Å². The van der Waals surface area contributed by atoms with Crippen LogP contribution in [-0.4, -0.2) is 40.9 Å². The molecule has 2 N–H and O–H groups in total. The van der Waals surface area contributed by atoms with E-state index in [2.05, 4.69) is 19.2 Å². The molecule has 1 aliphatic heterocycles. The van der Waals surface area contributed by atoms with Gasteiger partial charge in [0.25, 0.3) is 5.91 Å². The third kappa shape index (κ3) is 4.34. The minimum Gasteiger partial charge on any atom is -0.481 e. The first kappa shape index (κ1) is 18.0. The molecule has 2 atom stereocenters. The number of nitrogens with zero attached hydrogens (tertiary/aromatic N) is 1. The van der Waals surface area contributed by atoms with E-state index in [9.17, 15) is 19.5 Å². The third-order valence-electron chi connectivity index (χ3n) is 4.25. The second-order valence-electron chi connectivity index (χ2n) is 6.81. The Bertz CT molecular complexity index is 642. The van der Waals surface area contributed by atoms with Crippen LogP contribution in [0.1, 0.15) is 37.6 Å². The van der Waals surface area contributed by atoms with Gasteiger partial charge in [0.05, 0.1) is 5.92 Å². The number of hydrogen-bond acceptors (Lipinski definition) is 3. The summed E-state index contributed by atoms with van der Waals surface area (Å²) in [4.78, 5) is 36.9. The maximum Gasteiger partial charge on any atom is 0.308 e. The fraction of sp³-hybridized carbons (Fsp3) is 0.500. The van der Waals surface area contributed by atoms with E-state index in [-0.39, 0.29) is 24.3 Å². The molecule has 130 valence electrons. The van der Waals surface area contributed by atoms with Crippen molar-refractivity contribution in [1.82, 2.24) is 4.90 Å². The van der Waals surface area contributed by atoms with Crippen LogP contribution >= 0.6 is 0 Å². The largest absolute Gasteiger partial charge is 0.481 e. The van der Waals surface area contributed by atoms with Gasteiger partial charge in [-0.05, 0) is 36.5 Å². The first-order valence-corrected chi connectivity index (χ1v) is 8.17. The van der Waals surface area contributed by atoms with E-state index in [0.717, 1.165) is 6.42 Å². The van der Waals surface area contributed by atoms with Gasteiger partial charge in [0.2, 0.25) is 5.91 Å². The molecule has 0 unspecified atom stereocenters. The van der Waals surface area contributed by atoms with E-state index < -0.39 is 11.9 Å².